The number of esters is 2. The van der Waals surface area contributed by atoms with Gasteiger partial charge in [0.05, 0.1) is 49.9 Å². The lowest BCUT2D eigenvalue weighted by Gasteiger charge is -2.21. The molecule has 2 heterocycles. The summed E-state index contributed by atoms with van der Waals surface area (Å²) in [4.78, 5) is 35.1. The SMILES string of the molecule is CC(C)(C)OC(=O)Cc1ccccc1Nc1nc(Nc2ccc3c(c2)OCCOCCOCCO3)nc2c1C=CC2COC(=O)C(C)(C)C. The molecule has 0 saturated carbocycles. The molecule has 1 aliphatic carbocycles. The lowest BCUT2D eigenvalue weighted by atomic mass is 9.97. The van der Waals surface area contributed by atoms with Crippen LogP contribution in [0.2, 0.25) is 0 Å². The molecule has 0 saturated heterocycles. The zero-order valence-electron chi connectivity index (χ0n) is 29.1. The third-order valence-electron chi connectivity index (χ3n) is 7.40. The van der Waals surface area contributed by atoms with Crippen LogP contribution in [0.5, 0.6) is 11.5 Å². The van der Waals surface area contributed by atoms with E-state index in [1.807, 2.05) is 96.2 Å². The Bertz CT molecular complexity index is 1660. The first-order valence-electron chi connectivity index (χ1n) is 16.5. The van der Waals surface area contributed by atoms with E-state index in [0.29, 0.717) is 80.0 Å². The number of fused-ring (bicyclic) bond motifs is 2. The zero-order chi connectivity index (χ0) is 35.0. The second-order valence-corrected chi connectivity index (χ2v) is 13.8. The van der Waals surface area contributed by atoms with E-state index >= 15 is 0 Å². The van der Waals surface area contributed by atoms with Gasteiger partial charge in [-0.05, 0) is 65.3 Å². The van der Waals surface area contributed by atoms with Crippen LogP contribution in [-0.2, 0) is 35.0 Å². The Morgan fingerprint density at radius 3 is 2.27 bits per heavy atom. The fourth-order valence-corrected chi connectivity index (χ4v) is 5.05. The van der Waals surface area contributed by atoms with E-state index in [9.17, 15) is 9.59 Å². The number of para-hydroxylation sites is 1. The van der Waals surface area contributed by atoms with Crippen LogP contribution in [0.4, 0.5) is 23.1 Å². The van der Waals surface area contributed by atoms with Gasteiger partial charge in [0.15, 0.2) is 11.5 Å². The summed E-state index contributed by atoms with van der Waals surface area (Å²) in [5.41, 5.74) is 2.33. The van der Waals surface area contributed by atoms with Crippen LogP contribution in [0.1, 0.15) is 64.3 Å². The molecule has 12 heteroatoms. The summed E-state index contributed by atoms with van der Waals surface area (Å²) in [7, 11) is 0. The van der Waals surface area contributed by atoms with Crippen LogP contribution < -0.4 is 20.1 Å². The summed E-state index contributed by atoms with van der Waals surface area (Å²) >= 11 is 0. The zero-order valence-corrected chi connectivity index (χ0v) is 29.1. The maximum absolute atomic E-state index is 12.8. The number of aromatic nitrogens is 2. The number of nitrogens with zero attached hydrogens (tertiary/aromatic N) is 2. The van der Waals surface area contributed by atoms with Gasteiger partial charge in [0.2, 0.25) is 5.95 Å². The van der Waals surface area contributed by atoms with Gasteiger partial charge >= 0.3 is 11.9 Å². The smallest absolute Gasteiger partial charge is 0.311 e. The summed E-state index contributed by atoms with van der Waals surface area (Å²) in [6.07, 6.45) is 3.95. The number of rotatable bonds is 8. The first-order chi connectivity index (χ1) is 23.4. The minimum atomic E-state index is -0.639. The van der Waals surface area contributed by atoms with Gasteiger partial charge in [0, 0.05) is 23.0 Å². The van der Waals surface area contributed by atoms with Crippen LogP contribution in [0, 0.1) is 5.41 Å². The highest BCUT2D eigenvalue weighted by Gasteiger charge is 2.29. The highest BCUT2D eigenvalue weighted by atomic mass is 16.6. The first kappa shape index (κ1) is 35.6. The topological polar surface area (TPSA) is 139 Å². The predicted octanol–water partition coefficient (Wildman–Crippen LogP) is 6.35. The maximum Gasteiger partial charge on any atom is 0.311 e. The molecular formula is C37H46N4O8. The largest absolute Gasteiger partial charge is 0.487 e. The molecule has 5 rings (SSSR count). The van der Waals surface area contributed by atoms with Gasteiger partial charge in [-0.3, -0.25) is 9.59 Å². The monoisotopic (exact) mass is 674 g/mol. The normalized spacial score (nSPS) is 16.5. The Morgan fingerprint density at radius 1 is 0.857 bits per heavy atom. The van der Waals surface area contributed by atoms with E-state index in [0.717, 1.165) is 11.1 Å². The molecule has 262 valence electrons. The van der Waals surface area contributed by atoms with Crippen molar-refractivity contribution in [1.82, 2.24) is 9.97 Å². The third-order valence-corrected chi connectivity index (χ3v) is 7.40. The lowest BCUT2D eigenvalue weighted by molar-refractivity contribution is -0.154. The van der Waals surface area contributed by atoms with Gasteiger partial charge in [-0.2, -0.15) is 4.98 Å². The van der Waals surface area contributed by atoms with Crippen molar-refractivity contribution in [3.63, 3.8) is 0 Å². The molecular weight excluding hydrogens is 628 g/mol. The van der Waals surface area contributed by atoms with Gasteiger partial charge in [-0.1, -0.05) is 30.4 Å². The molecule has 1 aliphatic heterocycles. The molecule has 12 nitrogen and oxygen atoms in total. The van der Waals surface area contributed by atoms with Crippen molar-refractivity contribution in [1.29, 1.82) is 0 Å². The summed E-state index contributed by atoms with van der Waals surface area (Å²) in [6, 6.07) is 13.0. The average Bonchev–Trinajstić information content (AvgIpc) is 3.43. The average molecular weight is 675 g/mol. The molecule has 0 radical (unpaired) electrons. The van der Waals surface area contributed by atoms with E-state index in [4.69, 9.17) is 38.4 Å². The van der Waals surface area contributed by atoms with Crippen molar-refractivity contribution in [2.24, 2.45) is 5.41 Å². The summed E-state index contributed by atoms with van der Waals surface area (Å²) < 4.78 is 34.3. The number of carbonyl (C=O) groups excluding carboxylic acids is 2. The molecule has 0 fully saturated rings. The van der Waals surface area contributed by atoms with Gasteiger partial charge < -0.3 is 39.1 Å². The van der Waals surface area contributed by atoms with Gasteiger partial charge in [0.1, 0.15) is 31.2 Å². The number of anilines is 4. The van der Waals surface area contributed by atoms with Crippen molar-refractivity contribution in [2.45, 2.75) is 59.5 Å². The van der Waals surface area contributed by atoms with Crippen LogP contribution in [0.3, 0.4) is 0 Å². The minimum Gasteiger partial charge on any atom is -0.487 e. The molecule has 1 atom stereocenters. The van der Waals surface area contributed by atoms with Gasteiger partial charge in [-0.15, -0.1) is 0 Å². The van der Waals surface area contributed by atoms with Crippen molar-refractivity contribution < 1.29 is 38.0 Å². The number of nitrogens with one attached hydrogen (secondary N) is 2. The molecule has 0 spiro atoms. The summed E-state index contributed by atoms with van der Waals surface area (Å²) in [5, 5.41) is 6.75. The number of benzene rings is 2. The molecule has 49 heavy (non-hydrogen) atoms. The standard InChI is InChI=1S/C37H46N4O8/c1-36(2,3)34(43)48-23-25-11-13-27-32(25)40-35(38-26-12-14-29-30(22-26)47-20-18-45-16-15-44-17-19-46-29)41-33(27)39-28-10-8-7-9-24(28)21-31(42)49-37(4,5)6/h7-14,22,25H,15-21,23H2,1-6H3,(H2,38,39,40,41). The molecule has 1 aromatic heterocycles. The van der Waals surface area contributed by atoms with E-state index in [-0.39, 0.29) is 30.9 Å². The van der Waals surface area contributed by atoms with Crippen molar-refractivity contribution in [2.75, 3.05) is 56.9 Å². The second-order valence-electron chi connectivity index (χ2n) is 13.8. The molecule has 3 aromatic rings. The van der Waals surface area contributed by atoms with Crippen LogP contribution in [0.25, 0.3) is 6.08 Å². The molecule has 2 N–H and O–H groups in total. The Kier molecular flexibility index (Phi) is 11.4. The Balaban J connectivity index is 1.45. The maximum atomic E-state index is 12.8. The predicted molar refractivity (Wildman–Crippen MR) is 186 cm³/mol. The Labute approximate surface area is 287 Å². The lowest BCUT2D eigenvalue weighted by Crippen LogP contribution is -2.25. The van der Waals surface area contributed by atoms with E-state index < -0.39 is 11.0 Å². The number of ether oxygens (including phenoxy) is 6. The minimum absolute atomic E-state index is 0.0778. The Hall–Kier alpha value is -4.68. The third kappa shape index (κ3) is 10.2. The van der Waals surface area contributed by atoms with Crippen molar-refractivity contribution in [3.8, 4) is 11.5 Å². The highest BCUT2D eigenvalue weighted by molar-refractivity contribution is 5.80. The first-order valence-corrected chi connectivity index (χ1v) is 16.5. The number of hydrogen-bond donors (Lipinski definition) is 2. The van der Waals surface area contributed by atoms with Crippen molar-refractivity contribution >= 4 is 41.2 Å². The highest BCUT2D eigenvalue weighted by Crippen LogP contribution is 2.37. The van der Waals surface area contributed by atoms with Crippen LogP contribution in [0.15, 0.2) is 48.5 Å². The molecule has 0 amide bonds. The van der Waals surface area contributed by atoms with Crippen LogP contribution >= 0.6 is 0 Å². The quantitative estimate of drug-likeness (QED) is 0.257. The van der Waals surface area contributed by atoms with Crippen molar-refractivity contribution in [3.05, 3.63) is 65.4 Å². The number of carbonyl (C=O) groups is 2. The fourth-order valence-electron chi connectivity index (χ4n) is 5.05. The Morgan fingerprint density at radius 2 is 1.55 bits per heavy atom. The fraction of sp³-hybridized carbons (Fsp3) is 0.459. The summed E-state index contributed by atoms with van der Waals surface area (Å²) in [5.74, 6) is 1.03. The summed E-state index contributed by atoms with van der Waals surface area (Å²) in [6.45, 7) is 13.6. The second kappa shape index (κ2) is 15.7. The van der Waals surface area contributed by atoms with Gasteiger partial charge in [-0.25, -0.2) is 4.98 Å². The molecule has 2 aliphatic rings. The molecule has 2 aromatic carbocycles. The van der Waals surface area contributed by atoms with E-state index in [2.05, 4.69) is 10.6 Å². The molecule has 1 unspecified atom stereocenters. The number of hydrogen-bond acceptors (Lipinski definition) is 12. The van der Waals surface area contributed by atoms with Gasteiger partial charge in [0.25, 0.3) is 0 Å². The molecule has 0 bridgehead atoms. The van der Waals surface area contributed by atoms with E-state index in [1.165, 1.54) is 0 Å². The van der Waals surface area contributed by atoms with E-state index in [1.54, 1.807) is 0 Å². The van der Waals surface area contributed by atoms with Crippen LogP contribution in [-0.4, -0.2) is 73.8 Å².